The molecule has 1 aliphatic heterocycles. The molecule has 2 aromatic carbocycles. The zero-order valence-corrected chi connectivity index (χ0v) is 20.7. The van der Waals surface area contributed by atoms with Crippen LogP contribution >= 0.6 is 11.8 Å². The molecule has 8 nitrogen and oxygen atoms in total. The van der Waals surface area contributed by atoms with Gasteiger partial charge in [0, 0.05) is 13.1 Å². The highest BCUT2D eigenvalue weighted by molar-refractivity contribution is 8.18. The van der Waals surface area contributed by atoms with Crippen molar-refractivity contribution < 1.29 is 28.6 Å². The van der Waals surface area contributed by atoms with Crippen LogP contribution in [0.15, 0.2) is 47.4 Å². The summed E-state index contributed by atoms with van der Waals surface area (Å²) >= 11 is 0.848. The van der Waals surface area contributed by atoms with E-state index in [0.29, 0.717) is 22.8 Å². The van der Waals surface area contributed by atoms with E-state index >= 15 is 0 Å². The third-order valence-corrected chi connectivity index (χ3v) is 6.45. The van der Waals surface area contributed by atoms with Gasteiger partial charge in [-0.2, -0.15) is 0 Å². The van der Waals surface area contributed by atoms with Crippen molar-refractivity contribution in [3.8, 4) is 17.2 Å². The molecule has 9 heteroatoms. The van der Waals surface area contributed by atoms with Gasteiger partial charge in [0.1, 0.15) is 0 Å². The maximum Gasteiger partial charge on any atom is 0.293 e. The molecule has 1 N–H and O–H groups in total. The summed E-state index contributed by atoms with van der Waals surface area (Å²) < 4.78 is 16.0. The van der Waals surface area contributed by atoms with E-state index in [4.69, 9.17) is 14.2 Å². The van der Waals surface area contributed by atoms with Crippen LogP contribution in [0.3, 0.4) is 0 Å². The number of thioether (sulfide) groups is 1. The number of benzene rings is 2. The first-order chi connectivity index (χ1) is 16.2. The SMILES string of the molecule is COc1cc(/C=C2\SC(=O)N(CCNC(=O)C(C)(C)c3ccccc3)C2=O)cc(OC)c1OC. The Labute approximate surface area is 203 Å². The first-order valence-corrected chi connectivity index (χ1v) is 11.4. The molecule has 0 saturated carbocycles. The number of hydrogen-bond donors (Lipinski definition) is 1. The molecule has 0 aliphatic carbocycles. The molecule has 0 atom stereocenters. The van der Waals surface area contributed by atoms with Gasteiger partial charge < -0.3 is 19.5 Å². The maximum atomic E-state index is 12.9. The molecular formula is C25H28N2O6S. The summed E-state index contributed by atoms with van der Waals surface area (Å²) in [5.74, 6) is 0.718. The number of rotatable bonds is 9. The van der Waals surface area contributed by atoms with Crippen LogP contribution in [-0.4, -0.2) is 56.4 Å². The number of carbonyl (C=O) groups excluding carboxylic acids is 3. The monoisotopic (exact) mass is 484 g/mol. The number of imide groups is 1. The number of nitrogens with one attached hydrogen (secondary N) is 1. The van der Waals surface area contributed by atoms with Crippen LogP contribution in [0.2, 0.25) is 0 Å². The quantitative estimate of drug-likeness (QED) is 0.541. The predicted molar refractivity (Wildman–Crippen MR) is 131 cm³/mol. The Kier molecular flexibility index (Phi) is 7.88. The van der Waals surface area contributed by atoms with Gasteiger partial charge in [-0.1, -0.05) is 30.3 Å². The molecular weight excluding hydrogens is 456 g/mol. The lowest BCUT2D eigenvalue weighted by molar-refractivity contribution is -0.126. The summed E-state index contributed by atoms with van der Waals surface area (Å²) in [5, 5.41) is 2.45. The number of amides is 3. The molecule has 1 fully saturated rings. The summed E-state index contributed by atoms with van der Waals surface area (Å²) in [6, 6.07) is 12.8. The number of methoxy groups -OCH3 is 3. The average Bonchev–Trinajstić information content (AvgIpc) is 3.10. The van der Waals surface area contributed by atoms with Crippen molar-refractivity contribution in [3.63, 3.8) is 0 Å². The maximum absolute atomic E-state index is 12.9. The molecule has 1 aliphatic rings. The van der Waals surface area contributed by atoms with E-state index in [1.54, 1.807) is 18.2 Å². The lowest BCUT2D eigenvalue weighted by Crippen LogP contribution is -2.44. The Morgan fingerprint density at radius 2 is 1.65 bits per heavy atom. The van der Waals surface area contributed by atoms with Crippen LogP contribution in [0, 0.1) is 0 Å². The van der Waals surface area contributed by atoms with Gasteiger partial charge in [-0.3, -0.25) is 19.3 Å². The third-order valence-electron chi connectivity index (χ3n) is 5.54. The van der Waals surface area contributed by atoms with Gasteiger partial charge >= 0.3 is 0 Å². The highest BCUT2D eigenvalue weighted by atomic mass is 32.2. The van der Waals surface area contributed by atoms with E-state index in [9.17, 15) is 14.4 Å². The third kappa shape index (κ3) is 5.20. The van der Waals surface area contributed by atoms with Gasteiger partial charge in [-0.15, -0.1) is 0 Å². The summed E-state index contributed by atoms with van der Waals surface area (Å²) in [6.07, 6.45) is 1.60. The molecule has 0 radical (unpaired) electrons. The second-order valence-corrected chi connectivity index (χ2v) is 9.03. The van der Waals surface area contributed by atoms with Crippen molar-refractivity contribution in [3.05, 3.63) is 58.5 Å². The van der Waals surface area contributed by atoms with Crippen LogP contribution in [0.25, 0.3) is 6.08 Å². The number of carbonyl (C=O) groups is 3. The minimum Gasteiger partial charge on any atom is -0.493 e. The number of nitrogens with zero attached hydrogens (tertiary/aromatic N) is 1. The van der Waals surface area contributed by atoms with Crippen LogP contribution < -0.4 is 19.5 Å². The minimum absolute atomic E-state index is 0.0773. The largest absolute Gasteiger partial charge is 0.493 e. The Balaban J connectivity index is 1.68. The first kappa shape index (κ1) is 25.2. The molecule has 0 unspecified atom stereocenters. The molecule has 3 amide bonds. The summed E-state index contributed by atoms with van der Waals surface area (Å²) in [7, 11) is 4.51. The van der Waals surface area contributed by atoms with E-state index in [2.05, 4.69) is 5.32 Å². The molecule has 0 bridgehead atoms. The number of ether oxygens (including phenoxy) is 3. The predicted octanol–water partition coefficient (Wildman–Crippen LogP) is 3.84. The molecule has 1 saturated heterocycles. The Hall–Kier alpha value is -3.46. The molecule has 3 rings (SSSR count). The van der Waals surface area contributed by atoms with Crippen LogP contribution in [0.1, 0.15) is 25.0 Å². The van der Waals surface area contributed by atoms with Crippen molar-refractivity contribution >= 4 is 34.9 Å². The van der Waals surface area contributed by atoms with Crippen LogP contribution in [0.5, 0.6) is 17.2 Å². The van der Waals surface area contributed by atoms with Gasteiger partial charge in [0.15, 0.2) is 11.5 Å². The highest BCUT2D eigenvalue weighted by Gasteiger charge is 2.35. The summed E-state index contributed by atoms with van der Waals surface area (Å²) in [5.41, 5.74) is 0.761. The van der Waals surface area contributed by atoms with E-state index in [-0.39, 0.29) is 29.1 Å². The average molecular weight is 485 g/mol. The fraction of sp³-hybridized carbons (Fsp3) is 0.320. The van der Waals surface area contributed by atoms with E-state index < -0.39 is 11.3 Å². The van der Waals surface area contributed by atoms with Crippen molar-refractivity contribution in [2.45, 2.75) is 19.3 Å². The minimum atomic E-state index is -0.743. The van der Waals surface area contributed by atoms with Gasteiger partial charge in [0.2, 0.25) is 11.7 Å². The van der Waals surface area contributed by atoms with Gasteiger partial charge in [0.25, 0.3) is 11.1 Å². The smallest absolute Gasteiger partial charge is 0.293 e. The van der Waals surface area contributed by atoms with E-state index in [1.165, 1.54) is 21.3 Å². The fourth-order valence-electron chi connectivity index (χ4n) is 3.52. The zero-order valence-electron chi connectivity index (χ0n) is 19.8. The molecule has 0 spiro atoms. The summed E-state index contributed by atoms with van der Waals surface area (Å²) in [6.45, 7) is 3.90. The fourth-order valence-corrected chi connectivity index (χ4v) is 4.38. The zero-order chi connectivity index (χ0) is 24.9. The summed E-state index contributed by atoms with van der Waals surface area (Å²) in [4.78, 5) is 39.5. The van der Waals surface area contributed by atoms with Crippen LogP contribution in [0.4, 0.5) is 4.79 Å². The Morgan fingerprint density at radius 1 is 1.03 bits per heavy atom. The van der Waals surface area contributed by atoms with Crippen LogP contribution in [-0.2, 0) is 15.0 Å². The second-order valence-electron chi connectivity index (χ2n) is 8.04. The first-order valence-electron chi connectivity index (χ1n) is 10.6. The number of hydrogen-bond acceptors (Lipinski definition) is 7. The standard InChI is InChI=1S/C25H28N2O6S/c1-25(2,17-9-7-6-8-10-17)23(29)26-11-12-27-22(28)20(34-24(27)30)15-16-13-18(31-3)21(33-5)19(14-16)32-4/h6-10,13-15H,11-12H2,1-5H3,(H,26,29)/b20-15-. The normalized spacial score (nSPS) is 15.0. The van der Waals surface area contributed by atoms with Crippen molar-refractivity contribution in [1.82, 2.24) is 10.2 Å². The molecule has 180 valence electrons. The van der Waals surface area contributed by atoms with Crippen molar-refractivity contribution in [2.24, 2.45) is 0 Å². The topological polar surface area (TPSA) is 94.2 Å². The molecule has 34 heavy (non-hydrogen) atoms. The molecule has 0 aromatic heterocycles. The lowest BCUT2D eigenvalue weighted by atomic mass is 9.84. The Morgan fingerprint density at radius 3 is 2.21 bits per heavy atom. The molecule has 1 heterocycles. The van der Waals surface area contributed by atoms with Gasteiger partial charge in [-0.25, -0.2) is 0 Å². The highest BCUT2D eigenvalue weighted by Crippen LogP contribution is 2.40. The van der Waals surface area contributed by atoms with E-state index in [1.807, 2.05) is 44.2 Å². The van der Waals surface area contributed by atoms with Crippen molar-refractivity contribution in [1.29, 1.82) is 0 Å². The Bertz CT molecular complexity index is 1090. The van der Waals surface area contributed by atoms with Crippen molar-refractivity contribution in [2.75, 3.05) is 34.4 Å². The van der Waals surface area contributed by atoms with E-state index in [0.717, 1.165) is 22.2 Å². The second kappa shape index (κ2) is 10.6. The van der Waals surface area contributed by atoms with Gasteiger partial charge in [0.05, 0.1) is 31.6 Å². The molecule has 2 aromatic rings. The lowest BCUT2D eigenvalue weighted by Gasteiger charge is -2.24. The van der Waals surface area contributed by atoms with Gasteiger partial charge in [-0.05, 0) is 54.9 Å².